The van der Waals surface area contributed by atoms with E-state index in [1.165, 1.54) is 6.26 Å². The quantitative estimate of drug-likeness (QED) is 0.872. The van der Waals surface area contributed by atoms with Crippen LogP contribution in [0.2, 0.25) is 5.02 Å². The van der Waals surface area contributed by atoms with Crippen molar-refractivity contribution in [3.63, 3.8) is 0 Å². The largest absolute Gasteiger partial charge is 0.387 e. The summed E-state index contributed by atoms with van der Waals surface area (Å²) in [6.45, 7) is 3.84. The molecular formula is C14H22ClNO3S. The lowest BCUT2D eigenvalue weighted by atomic mass is 10.1. The molecule has 20 heavy (non-hydrogen) atoms. The van der Waals surface area contributed by atoms with Gasteiger partial charge >= 0.3 is 0 Å². The fraction of sp³-hybridized carbons (Fsp3) is 0.571. The number of benzene rings is 1. The van der Waals surface area contributed by atoms with Crippen molar-refractivity contribution in [3.05, 3.63) is 34.9 Å². The van der Waals surface area contributed by atoms with Crippen LogP contribution in [0.15, 0.2) is 24.3 Å². The zero-order valence-corrected chi connectivity index (χ0v) is 13.8. The minimum Gasteiger partial charge on any atom is -0.387 e. The molecule has 0 heterocycles. The molecule has 3 unspecified atom stereocenters. The zero-order valence-electron chi connectivity index (χ0n) is 12.2. The predicted octanol–water partition coefficient (Wildman–Crippen LogP) is 2.13. The lowest BCUT2D eigenvalue weighted by Crippen LogP contribution is -2.43. The Morgan fingerprint density at radius 1 is 1.30 bits per heavy atom. The van der Waals surface area contributed by atoms with Gasteiger partial charge < -0.3 is 5.11 Å². The van der Waals surface area contributed by atoms with Gasteiger partial charge in [-0.15, -0.1) is 0 Å². The molecule has 0 saturated heterocycles. The Hall–Kier alpha value is -0.620. The summed E-state index contributed by atoms with van der Waals surface area (Å²) in [5, 5.41) is 10.2. The fourth-order valence-electron chi connectivity index (χ4n) is 2.00. The highest BCUT2D eigenvalue weighted by molar-refractivity contribution is 7.91. The molecule has 0 aliphatic carbocycles. The highest BCUT2D eigenvalue weighted by Gasteiger charge is 2.26. The van der Waals surface area contributed by atoms with Crippen LogP contribution in [-0.2, 0) is 9.84 Å². The van der Waals surface area contributed by atoms with Gasteiger partial charge in [-0.2, -0.15) is 0 Å². The minimum absolute atomic E-state index is 0.192. The Morgan fingerprint density at radius 2 is 1.85 bits per heavy atom. The van der Waals surface area contributed by atoms with Gasteiger partial charge in [0.15, 0.2) is 9.84 Å². The van der Waals surface area contributed by atoms with Crippen LogP contribution in [0.3, 0.4) is 0 Å². The van der Waals surface area contributed by atoms with Gasteiger partial charge in [-0.25, -0.2) is 8.42 Å². The van der Waals surface area contributed by atoms with Crippen molar-refractivity contribution < 1.29 is 13.5 Å². The third-order valence-electron chi connectivity index (χ3n) is 3.78. The van der Waals surface area contributed by atoms with E-state index in [9.17, 15) is 13.5 Å². The van der Waals surface area contributed by atoms with Gasteiger partial charge in [0.2, 0.25) is 0 Å². The van der Waals surface area contributed by atoms with Crippen molar-refractivity contribution in [2.75, 3.05) is 19.8 Å². The first-order valence-electron chi connectivity index (χ1n) is 6.46. The third-order valence-corrected chi connectivity index (χ3v) is 5.86. The van der Waals surface area contributed by atoms with E-state index in [0.717, 1.165) is 0 Å². The molecule has 0 aliphatic rings. The number of likely N-dealkylation sites (N-methyl/N-ethyl adjacent to an activating group) is 1. The molecule has 1 N–H and O–H groups in total. The van der Waals surface area contributed by atoms with E-state index in [2.05, 4.69) is 0 Å². The predicted molar refractivity (Wildman–Crippen MR) is 82.8 cm³/mol. The fourth-order valence-corrected chi connectivity index (χ4v) is 3.18. The van der Waals surface area contributed by atoms with Crippen molar-refractivity contribution in [3.8, 4) is 0 Å². The molecule has 114 valence electrons. The summed E-state index contributed by atoms with van der Waals surface area (Å²) < 4.78 is 23.2. The smallest absolute Gasteiger partial charge is 0.151 e. The van der Waals surface area contributed by atoms with Crippen molar-refractivity contribution in [1.29, 1.82) is 0 Å². The number of hydrogen-bond acceptors (Lipinski definition) is 4. The van der Waals surface area contributed by atoms with Crippen LogP contribution in [0.1, 0.15) is 25.5 Å². The molecule has 6 heteroatoms. The molecule has 1 aromatic carbocycles. The number of hydrogen-bond donors (Lipinski definition) is 1. The van der Waals surface area contributed by atoms with E-state index >= 15 is 0 Å². The molecule has 3 atom stereocenters. The molecule has 0 bridgehead atoms. The normalized spacial score (nSPS) is 16.9. The molecule has 0 fully saturated rings. The van der Waals surface area contributed by atoms with Crippen LogP contribution in [0.25, 0.3) is 0 Å². The van der Waals surface area contributed by atoms with Gasteiger partial charge in [0, 0.05) is 29.4 Å². The molecule has 0 amide bonds. The number of aliphatic hydroxyl groups is 1. The molecule has 1 rings (SSSR count). The zero-order chi connectivity index (χ0) is 15.5. The summed E-state index contributed by atoms with van der Waals surface area (Å²) in [6, 6.07) is 6.92. The average molecular weight is 320 g/mol. The minimum atomic E-state index is -3.11. The maximum atomic E-state index is 11.6. The van der Waals surface area contributed by atoms with Crippen LogP contribution >= 0.6 is 11.6 Å². The van der Waals surface area contributed by atoms with E-state index in [-0.39, 0.29) is 6.04 Å². The standard InChI is InChI=1S/C14H22ClNO3S/c1-10(11(2)20(4,18)19)16(3)9-14(17)12-7-5-6-8-13(12)15/h5-8,10-11,14,17H,9H2,1-4H3. The summed E-state index contributed by atoms with van der Waals surface area (Å²) in [5.74, 6) is 0. The van der Waals surface area contributed by atoms with Crippen molar-refractivity contribution in [1.82, 2.24) is 4.90 Å². The Morgan fingerprint density at radius 3 is 2.35 bits per heavy atom. The Bertz CT molecular complexity index is 547. The maximum Gasteiger partial charge on any atom is 0.151 e. The first-order chi connectivity index (χ1) is 9.14. The number of halogens is 1. The SMILES string of the molecule is CC(C(C)S(C)(=O)=O)N(C)CC(O)c1ccccc1Cl. The summed E-state index contributed by atoms with van der Waals surface area (Å²) in [4.78, 5) is 1.83. The molecule has 1 aromatic rings. The van der Waals surface area contributed by atoms with E-state index in [0.29, 0.717) is 17.1 Å². The highest BCUT2D eigenvalue weighted by atomic mass is 35.5. The highest BCUT2D eigenvalue weighted by Crippen LogP contribution is 2.24. The Balaban J connectivity index is 2.76. The molecule has 0 aromatic heterocycles. The molecule has 0 spiro atoms. The topological polar surface area (TPSA) is 57.6 Å². The van der Waals surface area contributed by atoms with Gasteiger partial charge in [-0.05, 0) is 27.0 Å². The van der Waals surface area contributed by atoms with Gasteiger partial charge in [0.1, 0.15) is 0 Å². The van der Waals surface area contributed by atoms with Gasteiger partial charge in [-0.1, -0.05) is 29.8 Å². The lowest BCUT2D eigenvalue weighted by Gasteiger charge is -2.30. The molecule has 0 aliphatic heterocycles. The second-order valence-electron chi connectivity index (χ2n) is 5.25. The number of nitrogens with zero attached hydrogens (tertiary/aromatic N) is 1. The summed E-state index contributed by atoms with van der Waals surface area (Å²) in [6.07, 6.45) is 0.481. The first-order valence-corrected chi connectivity index (χ1v) is 8.79. The van der Waals surface area contributed by atoms with E-state index in [1.807, 2.05) is 17.9 Å². The number of sulfone groups is 1. The maximum absolute atomic E-state index is 11.6. The van der Waals surface area contributed by atoms with Gasteiger partial charge in [0.05, 0.1) is 11.4 Å². The first kappa shape index (κ1) is 17.4. The third kappa shape index (κ3) is 4.45. The lowest BCUT2D eigenvalue weighted by molar-refractivity contribution is 0.108. The van der Waals surface area contributed by atoms with Crippen LogP contribution < -0.4 is 0 Å². The second-order valence-corrected chi connectivity index (χ2v) is 8.06. The average Bonchev–Trinajstić information content (AvgIpc) is 2.36. The van der Waals surface area contributed by atoms with E-state index in [4.69, 9.17) is 11.6 Å². The van der Waals surface area contributed by atoms with Crippen LogP contribution in [-0.4, -0.2) is 49.6 Å². The van der Waals surface area contributed by atoms with Crippen molar-refractivity contribution in [2.45, 2.75) is 31.2 Å². The Kier molecular flexibility index (Phi) is 6.01. The summed E-state index contributed by atoms with van der Waals surface area (Å²) >= 11 is 6.04. The van der Waals surface area contributed by atoms with Crippen LogP contribution in [0, 0.1) is 0 Å². The number of rotatable bonds is 6. The van der Waals surface area contributed by atoms with Gasteiger partial charge in [0.25, 0.3) is 0 Å². The Labute approximate surface area is 126 Å². The monoisotopic (exact) mass is 319 g/mol. The summed E-state index contributed by atoms with van der Waals surface area (Å²) in [5.41, 5.74) is 0.653. The molecule has 0 saturated carbocycles. The second kappa shape index (κ2) is 6.89. The molecule has 0 radical (unpaired) electrons. The van der Waals surface area contributed by atoms with Crippen LogP contribution in [0.5, 0.6) is 0 Å². The summed E-state index contributed by atoms with van der Waals surface area (Å²) in [7, 11) is -1.31. The van der Waals surface area contributed by atoms with Crippen molar-refractivity contribution in [2.24, 2.45) is 0 Å². The number of aliphatic hydroxyl groups excluding tert-OH is 1. The van der Waals surface area contributed by atoms with Crippen molar-refractivity contribution >= 4 is 21.4 Å². The van der Waals surface area contributed by atoms with Gasteiger partial charge in [-0.3, -0.25) is 4.90 Å². The van der Waals surface area contributed by atoms with Crippen LogP contribution in [0.4, 0.5) is 0 Å². The molecular weight excluding hydrogens is 298 g/mol. The van der Waals surface area contributed by atoms with E-state index in [1.54, 1.807) is 32.2 Å². The van der Waals surface area contributed by atoms with E-state index < -0.39 is 21.2 Å². The molecule has 4 nitrogen and oxygen atoms in total.